The molecule has 0 aliphatic carbocycles. The number of carbonyl (C=O) groups is 1. The van der Waals surface area contributed by atoms with E-state index in [0.29, 0.717) is 29.2 Å². The maximum Gasteiger partial charge on any atom is 0.204 e. The van der Waals surface area contributed by atoms with Crippen molar-refractivity contribution in [1.29, 1.82) is 0 Å². The van der Waals surface area contributed by atoms with Gasteiger partial charge in [-0.05, 0) is 36.2 Å². The van der Waals surface area contributed by atoms with E-state index < -0.39 is 0 Å². The summed E-state index contributed by atoms with van der Waals surface area (Å²) in [5.74, 6) is 1.41. The molecule has 0 saturated carbocycles. The van der Waals surface area contributed by atoms with E-state index in [1.807, 2.05) is 12.1 Å². The molecule has 1 heterocycles. The van der Waals surface area contributed by atoms with Crippen LogP contribution in [0.2, 0.25) is 0 Å². The third-order valence-electron chi connectivity index (χ3n) is 3.98. The van der Waals surface area contributed by atoms with Crippen molar-refractivity contribution >= 4 is 5.78 Å². The van der Waals surface area contributed by atoms with Crippen LogP contribution in [0.15, 0.2) is 36.4 Å². The van der Waals surface area contributed by atoms with Crippen molar-refractivity contribution in [1.82, 2.24) is 0 Å². The van der Waals surface area contributed by atoms with Crippen LogP contribution in [0.25, 0.3) is 0 Å². The smallest absolute Gasteiger partial charge is 0.204 e. The van der Waals surface area contributed by atoms with Crippen molar-refractivity contribution in [2.75, 3.05) is 20.8 Å². The minimum Gasteiger partial charge on any atom is -0.508 e. The molecule has 5 heteroatoms. The maximum atomic E-state index is 12.7. The quantitative estimate of drug-likeness (QED) is 0.940. The molecule has 1 aliphatic heterocycles. The number of rotatable bonds is 4. The van der Waals surface area contributed by atoms with E-state index in [2.05, 4.69) is 0 Å². The summed E-state index contributed by atoms with van der Waals surface area (Å²) in [4.78, 5) is 12.7. The second kappa shape index (κ2) is 6.20. The summed E-state index contributed by atoms with van der Waals surface area (Å²) in [6.45, 7) is 0.288. The number of fused-ring (bicyclic) bond motifs is 1. The van der Waals surface area contributed by atoms with Crippen LogP contribution in [0.5, 0.6) is 23.0 Å². The number of ether oxygens (including phenoxy) is 3. The molecular weight excluding hydrogens is 296 g/mol. The predicted molar refractivity (Wildman–Crippen MR) is 84.7 cm³/mol. The highest BCUT2D eigenvalue weighted by molar-refractivity contribution is 6.02. The van der Waals surface area contributed by atoms with Crippen LogP contribution < -0.4 is 14.2 Å². The van der Waals surface area contributed by atoms with Gasteiger partial charge in [0.1, 0.15) is 5.75 Å². The van der Waals surface area contributed by atoms with Gasteiger partial charge in [-0.25, -0.2) is 0 Å². The van der Waals surface area contributed by atoms with Gasteiger partial charge in [0.05, 0.1) is 32.3 Å². The van der Waals surface area contributed by atoms with Gasteiger partial charge in [0.15, 0.2) is 17.3 Å². The molecule has 0 aromatic heterocycles. The lowest BCUT2D eigenvalue weighted by atomic mass is 9.89. The van der Waals surface area contributed by atoms with Crippen LogP contribution in [0.3, 0.4) is 0 Å². The van der Waals surface area contributed by atoms with E-state index >= 15 is 0 Å². The number of phenols is 1. The first-order chi connectivity index (χ1) is 11.1. The van der Waals surface area contributed by atoms with Gasteiger partial charge in [-0.2, -0.15) is 0 Å². The average molecular weight is 314 g/mol. The number of hydrogen-bond donors (Lipinski definition) is 1. The van der Waals surface area contributed by atoms with Gasteiger partial charge < -0.3 is 19.3 Å². The fourth-order valence-electron chi connectivity index (χ4n) is 2.78. The van der Waals surface area contributed by atoms with Gasteiger partial charge in [0, 0.05) is 0 Å². The van der Waals surface area contributed by atoms with E-state index in [1.165, 1.54) is 7.11 Å². The highest BCUT2D eigenvalue weighted by atomic mass is 16.5. The largest absolute Gasteiger partial charge is 0.508 e. The molecule has 0 saturated heterocycles. The van der Waals surface area contributed by atoms with E-state index in [0.717, 1.165) is 5.56 Å². The van der Waals surface area contributed by atoms with Crippen LogP contribution in [0.1, 0.15) is 15.9 Å². The first-order valence-electron chi connectivity index (χ1n) is 7.34. The third-order valence-corrected chi connectivity index (χ3v) is 3.98. The molecule has 0 amide bonds. The summed E-state index contributed by atoms with van der Waals surface area (Å²) >= 11 is 0. The summed E-state index contributed by atoms with van der Waals surface area (Å²) in [7, 11) is 3.07. The molecule has 23 heavy (non-hydrogen) atoms. The molecule has 5 nitrogen and oxygen atoms in total. The summed E-state index contributed by atoms with van der Waals surface area (Å²) in [6.07, 6.45) is 0.562. The van der Waals surface area contributed by atoms with Crippen molar-refractivity contribution in [3.8, 4) is 23.0 Å². The Morgan fingerprint density at radius 3 is 2.52 bits per heavy atom. The van der Waals surface area contributed by atoms with E-state index in [1.54, 1.807) is 31.4 Å². The first-order valence-corrected chi connectivity index (χ1v) is 7.34. The van der Waals surface area contributed by atoms with E-state index in [-0.39, 0.29) is 24.1 Å². The summed E-state index contributed by atoms with van der Waals surface area (Å²) in [6, 6.07) is 10.3. The second-order valence-electron chi connectivity index (χ2n) is 5.42. The second-order valence-corrected chi connectivity index (χ2v) is 5.42. The lowest BCUT2D eigenvalue weighted by Gasteiger charge is -2.26. The first kappa shape index (κ1) is 15.2. The average Bonchev–Trinajstić information content (AvgIpc) is 2.58. The topological polar surface area (TPSA) is 65.0 Å². The van der Waals surface area contributed by atoms with Crippen molar-refractivity contribution < 1.29 is 24.1 Å². The lowest BCUT2D eigenvalue weighted by Crippen LogP contribution is -2.29. The normalized spacial score (nSPS) is 16.4. The van der Waals surface area contributed by atoms with Crippen molar-refractivity contribution in [3.63, 3.8) is 0 Å². The Kier molecular flexibility index (Phi) is 4.10. The Morgan fingerprint density at radius 1 is 1.13 bits per heavy atom. The number of carbonyl (C=O) groups excluding carboxylic acids is 1. The molecule has 1 atom stereocenters. The zero-order valence-corrected chi connectivity index (χ0v) is 13.0. The minimum atomic E-state index is -0.259. The highest BCUT2D eigenvalue weighted by Gasteiger charge is 2.32. The van der Waals surface area contributed by atoms with Crippen molar-refractivity contribution in [2.24, 2.45) is 5.92 Å². The number of Topliss-reactive ketones (excluding diaryl/α,β-unsaturated/α-hetero) is 1. The van der Waals surface area contributed by atoms with E-state index in [4.69, 9.17) is 14.2 Å². The molecule has 1 aliphatic rings. The Bertz CT molecular complexity index is 721. The number of phenolic OH excluding ortho intramolecular Hbond substituents is 1. The molecule has 0 radical (unpaired) electrons. The molecule has 3 rings (SSSR count). The standard InChI is InChI=1S/C18H18O5/c1-21-15-8-7-14-16(20)12(10-23-17(14)18(15)22-2)9-11-3-5-13(19)6-4-11/h3-8,12,19H,9-10H2,1-2H3. The summed E-state index contributed by atoms with van der Waals surface area (Å²) in [5.41, 5.74) is 1.49. The molecule has 1 N–H and O–H groups in total. The highest BCUT2D eigenvalue weighted by Crippen LogP contribution is 2.43. The molecule has 0 bridgehead atoms. The fraction of sp³-hybridized carbons (Fsp3) is 0.278. The van der Waals surface area contributed by atoms with Gasteiger partial charge in [0.2, 0.25) is 5.75 Å². The molecule has 2 aromatic carbocycles. The van der Waals surface area contributed by atoms with Crippen LogP contribution >= 0.6 is 0 Å². The third kappa shape index (κ3) is 2.82. The van der Waals surface area contributed by atoms with Crippen LogP contribution in [0.4, 0.5) is 0 Å². The Balaban J connectivity index is 1.87. The SMILES string of the molecule is COc1ccc2c(c1OC)OCC(Cc1ccc(O)cc1)C2=O. The molecule has 0 fully saturated rings. The number of hydrogen-bond acceptors (Lipinski definition) is 5. The Labute approximate surface area is 134 Å². The van der Waals surface area contributed by atoms with Crippen LogP contribution in [-0.2, 0) is 6.42 Å². The van der Waals surface area contributed by atoms with Crippen molar-refractivity contribution in [3.05, 3.63) is 47.5 Å². The zero-order chi connectivity index (χ0) is 16.4. The van der Waals surface area contributed by atoms with Gasteiger partial charge in [-0.1, -0.05) is 12.1 Å². The lowest BCUT2D eigenvalue weighted by molar-refractivity contribution is 0.0825. The summed E-state index contributed by atoms with van der Waals surface area (Å²) < 4.78 is 16.3. The van der Waals surface area contributed by atoms with Crippen LogP contribution in [0, 0.1) is 5.92 Å². The van der Waals surface area contributed by atoms with Crippen LogP contribution in [-0.4, -0.2) is 31.7 Å². The molecule has 120 valence electrons. The Hall–Kier alpha value is -2.69. The van der Waals surface area contributed by atoms with Gasteiger partial charge in [0.25, 0.3) is 0 Å². The molecule has 0 spiro atoms. The monoisotopic (exact) mass is 314 g/mol. The maximum absolute atomic E-state index is 12.7. The number of benzene rings is 2. The van der Waals surface area contributed by atoms with Crippen molar-refractivity contribution in [2.45, 2.75) is 6.42 Å². The van der Waals surface area contributed by atoms with Gasteiger partial charge in [-0.3, -0.25) is 4.79 Å². The minimum absolute atomic E-state index is 0.0280. The zero-order valence-electron chi connectivity index (χ0n) is 13.0. The van der Waals surface area contributed by atoms with E-state index in [9.17, 15) is 9.90 Å². The number of ketones is 1. The van der Waals surface area contributed by atoms with Gasteiger partial charge in [-0.15, -0.1) is 0 Å². The number of aromatic hydroxyl groups is 1. The molecule has 1 unspecified atom stereocenters. The summed E-state index contributed by atoms with van der Waals surface area (Å²) in [5, 5.41) is 9.33. The fourth-order valence-corrected chi connectivity index (χ4v) is 2.78. The molecule has 2 aromatic rings. The predicted octanol–water partition coefficient (Wildman–Crippen LogP) is 2.84. The van der Waals surface area contributed by atoms with Gasteiger partial charge >= 0.3 is 0 Å². The number of methoxy groups -OCH3 is 2. The Morgan fingerprint density at radius 2 is 1.87 bits per heavy atom. The molecular formula is C18H18O5.